The summed E-state index contributed by atoms with van der Waals surface area (Å²) in [5, 5.41) is 14.7. The molecule has 1 aromatic carbocycles. The van der Waals surface area contributed by atoms with Crippen LogP contribution >= 0.6 is 0 Å². The molecule has 9 heteroatoms. The summed E-state index contributed by atoms with van der Waals surface area (Å²) >= 11 is 0. The van der Waals surface area contributed by atoms with Crippen LogP contribution in [0.25, 0.3) is 0 Å². The molecule has 0 saturated heterocycles. The Morgan fingerprint density at radius 2 is 2.00 bits per heavy atom. The maximum Gasteiger partial charge on any atom is 0.258 e. The van der Waals surface area contributed by atoms with E-state index in [1.807, 2.05) is 0 Å². The number of nitrogens with zero attached hydrogens (tertiary/aromatic N) is 2. The lowest BCUT2D eigenvalue weighted by Gasteiger charge is -2.31. The van der Waals surface area contributed by atoms with Crippen molar-refractivity contribution in [3.8, 4) is 0 Å². The van der Waals surface area contributed by atoms with Crippen molar-refractivity contribution in [2.24, 2.45) is 11.1 Å². The molecule has 3 rings (SSSR count). The minimum absolute atomic E-state index is 0.0394. The van der Waals surface area contributed by atoms with Crippen molar-refractivity contribution in [2.45, 2.75) is 12.8 Å². The number of carbonyl (C=O) groups is 1. The van der Waals surface area contributed by atoms with Gasteiger partial charge in [0.25, 0.3) is 5.56 Å². The minimum Gasteiger partial charge on any atom is -0.411 e. The van der Waals surface area contributed by atoms with Gasteiger partial charge in [-0.15, -0.1) is 0 Å². The van der Waals surface area contributed by atoms with Crippen LogP contribution in [-0.2, 0) is 4.79 Å². The number of H-pyrrole nitrogens is 1. The van der Waals surface area contributed by atoms with Crippen molar-refractivity contribution in [2.75, 3.05) is 11.1 Å². The normalized spacial score (nSPS) is 20.4. The molecular formula is C15H14FN5O3. The van der Waals surface area contributed by atoms with E-state index in [4.69, 9.17) is 10.9 Å². The van der Waals surface area contributed by atoms with Gasteiger partial charge < -0.3 is 16.3 Å². The summed E-state index contributed by atoms with van der Waals surface area (Å²) in [4.78, 5) is 31.2. The third-order valence-electron chi connectivity index (χ3n) is 3.98. The number of hydrogen-bond acceptors (Lipinski definition) is 6. The zero-order valence-electron chi connectivity index (χ0n) is 12.6. The predicted octanol–water partition coefficient (Wildman–Crippen LogP) is 1.04. The van der Waals surface area contributed by atoms with Crippen LogP contribution in [0.1, 0.15) is 24.0 Å². The van der Waals surface area contributed by atoms with E-state index in [1.54, 1.807) is 0 Å². The molecular weight excluding hydrogens is 317 g/mol. The van der Waals surface area contributed by atoms with Crippen LogP contribution in [0.4, 0.5) is 16.2 Å². The highest BCUT2D eigenvalue weighted by Gasteiger charge is 2.41. The Balaban J connectivity index is 2.28. The molecule has 1 aromatic heterocycles. The Kier molecular flexibility index (Phi) is 3.76. The third kappa shape index (κ3) is 2.49. The highest BCUT2D eigenvalue weighted by molar-refractivity contribution is 6.11. The number of aromatic nitrogens is 2. The van der Waals surface area contributed by atoms with Gasteiger partial charge in [0.1, 0.15) is 11.6 Å². The van der Waals surface area contributed by atoms with Gasteiger partial charge in [0.15, 0.2) is 0 Å². The molecule has 2 aromatic rings. The number of nitrogen functional groups attached to an aromatic ring is 1. The molecule has 0 aliphatic carbocycles. The number of nitrogens with two attached hydrogens (primary N) is 1. The zero-order valence-corrected chi connectivity index (χ0v) is 12.6. The highest BCUT2D eigenvalue weighted by Crippen LogP contribution is 2.38. The zero-order chi connectivity index (χ0) is 17.4. The van der Waals surface area contributed by atoms with Gasteiger partial charge in [0, 0.05) is 5.92 Å². The lowest BCUT2D eigenvalue weighted by Crippen LogP contribution is -2.42. The molecule has 1 aliphatic rings. The van der Waals surface area contributed by atoms with Gasteiger partial charge in [-0.1, -0.05) is 17.3 Å². The van der Waals surface area contributed by atoms with E-state index < -0.39 is 29.1 Å². The molecule has 5 N–H and O–H groups in total. The molecule has 1 amide bonds. The maximum atomic E-state index is 13.2. The number of benzene rings is 1. The molecule has 24 heavy (non-hydrogen) atoms. The van der Waals surface area contributed by atoms with Crippen molar-refractivity contribution in [3.05, 3.63) is 51.6 Å². The molecule has 0 saturated carbocycles. The fraction of sp³-hybridized carbons (Fsp3) is 0.200. The molecule has 1 aliphatic heterocycles. The van der Waals surface area contributed by atoms with Crippen LogP contribution in [0.5, 0.6) is 0 Å². The topological polar surface area (TPSA) is 133 Å². The lowest BCUT2D eigenvalue weighted by molar-refractivity contribution is -0.118. The van der Waals surface area contributed by atoms with Gasteiger partial charge >= 0.3 is 0 Å². The number of hydrogen-bond donors (Lipinski definition) is 4. The van der Waals surface area contributed by atoms with Crippen molar-refractivity contribution < 1.29 is 14.4 Å². The summed E-state index contributed by atoms with van der Waals surface area (Å²) in [6.45, 7) is 1.46. The third-order valence-corrected chi connectivity index (χ3v) is 3.98. The SMILES string of the molecule is C/C(=N\O)[C@@H]1C(=O)Nc2nc(N)[nH]c(=O)c2[C@H]1c1ccc(F)cc1. The minimum atomic E-state index is -0.945. The summed E-state index contributed by atoms with van der Waals surface area (Å²) in [6.07, 6.45) is 0. The summed E-state index contributed by atoms with van der Waals surface area (Å²) in [5.41, 5.74) is 5.79. The molecule has 0 spiro atoms. The maximum absolute atomic E-state index is 13.2. The summed E-state index contributed by atoms with van der Waals surface area (Å²) in [6, 6.07) is 5.39. The highest BCUT2D eigenvalue weighted by atomic mass is 19.1. The van der Waals surface area contributed by atoms with Crippen LogP contribution in [0.2, 0.25) is 0 Å². The molecule has 0 bridgehead atoms. The first-order valence-electron chi connectivity index (χ1n) is 7.07. The molecule has 8 nitrogen and oxygen atoms in total. The standard InChI is InChI=1S/C15H14FN5O3/c1-6(21-24)9-10(7-2-4-8(16)5-3-7)11-12(18-13(9)22)19-15(17)20-14(11)23/h2-5,9-10,24H,1H3,(H4,17,18,19,20,22,23)/b21-6+/t9-,10-/m0/s1. The molecule has 0 radical (unpaired) electrons. The molecule has 0 fully saturated rings. The molecule has 2 atom stereocenters. The Hall–Kier alpha value is -3.23. The van der Waals surface area contributed by atoms with E-state index in [1.165, 1.54) is 31.2 Å². The van der Waals surface area contributed by atoms with E-state index in [2.05, 4.69) is 20.4 Å². The quantitative estimate of drug-likeness (QED) is 0.371. The largest absolute Gasteiger partial charge is 0.411 e. The predicted molar refractivity (Wildman–Crippen MR) is 84.5 cm³/mol. The monoisotopic (exact) mass is 331 g/mol. The Morgan fingerprint density at radius 1 is 1.33 bits per heavy atom. The Morgan fingerprint density at radius 3 is 2.62 bits per heavy atom. The van der Waals surface area contributed by atoms with Gasteiger partial charge in [0.2, 0.25) is 11.9 Å². The van der Waals surface area contributed by atoms with Crippen LogP contribution in [0.3, 0.4) is 0 Å². The van der Waals surface area contributed by atoms with Crippen LogP contribution in [0, 0.1) is 11.7 Å². The number of halogens is 1. The van der Waals surface area contributed by atoms with Crippen molar-refractivity contribution >= 4 is 23.4 Å². The summed E-state index contributed by atoms with van der Waals surface area (Å²) in [7, 11) is 0. The van der Waals surface area contributed by atoms with E-state index in [0.29, 0.717) is 5.56 Å². The van der Waals surface area contributed by atoms with Crippen LogP contribution in [0.15, 0.2) is 34.2 Å². The second-order valence-electron chi connectivity index (χ2n) is 5.45. The average Bonchev–Trinajstić information content (AvgIpc) is 2.53. The van der Waals surface area contributed by atoms with Crippen LogP contribution < -0.4 is 16.6 Å². The van der Waals surface area contributed by atoms with Crippen molar-refractivity contribution in [3.63, 3.8) is 0 Å². The second kappa shape index (κ2) is 5.76. The van der Waals surface area contributed by atoms with Gasteiger partial charge in [-0.2, -0.15) is 4.98 Å². The smallest absolute Gasteiger partial charge is 0.258 e. The van der Waals surface area contributed by atoms with Gasteiger partial charge in [-0.05, 0) is 24.6 Å². The number of oxime groups is 1. The molecule has 2 heterocycles. The van der Waals surface area contributed by atoms with Crippen molar-refractivity contribution in [1.82, 2.24) is 9.97 Å². The Bertz CT molecular complexity index is 891. The van der Waals surface area contributed by atoms with E-state index >= 15 is 0 Å². The van der Waals surface area contributed by atoms with E-state index in [9.17, 15) is 14.0 Å². The average molecular weight is 331 g/mol. The van der Waals surface area contributed by atoms with Gasteiger partial charge in [-0.25, -0.2) is 4.39 Å². The Labute approximate surface area is 135 Å². The van der Waals surface area contributed by atoms with Gasteiger partial charge in [-0.3, -0.25) is 14.6 Å². The first kappa shape index (κ1) is 15.7. The van der Waals surface area contributed by atoms with E-state index in [-0.39, 0.29) is 23.0 Å². The lowest BCUT2D eigenvalue weighted by atomic mass is 9.76. The number of anilines is 2. The number of amides is 1. The fourth-order valence-corrected chi connectivity index (χ4v) is 2.92. The van der Waals surface area contributed by atoms with Crippen LogP contribution in [-0.4, -0.2) is 26.8 Å². The first-order valence-corrected chi connectivity index (χ1v) is 7.07. The number of rotatable bonds is 2. The molecule has 0 unspecified atom stereocenters. The summed E-state index contributed by atoms with van der Waals surface area (Å²) < 4.78 is 13.2. The summed E-state index contributed by atoms with van der Waals surface area (Å²) in [5.74, 6) is -2.78. The number of nitrogens with one attached hydrogen (secondary N) is 2. The molecule has 124 valence electrons. The number of carbonyl (C=O) groups excluding carboxylic acids is 1. The van der Waals surface area contributed by atoms with E-state index in [0.717, 1.165) is 0 Å². The number of aromatic amines is 1. The van der Waals surface area contributed by atoms with Crippen molar-refractivity contribution in [1.29, 1.82) is 0 Å². The van der Waals surface area contributed by atoms with Gasteiger partial charge in [0.05, 0.1) is 17.2 Å². The number of fused-ring (bicyclic) bond motifs is 1. The fourth-order valence-electron chi connectivity index (χ4n) is 2.92. The first-order chi connectivity index (χ1) is 11.4. The second-order valence-corrected chi connectivity index (χ2v) is 5.45.